The van der Waals surface area contributed by atoms with Gasteiger partial charge >= 0.3 is 0 Å². The van der Waals surface area contributed by atoms with E-state index in [0.29, 0.717) is 24.5 Å². The van der Waals surface area contributed by atoms with Gasteiger partial charge in [0.05, 0.1) is 12.6 Å². The lowest BCUT2D eigenvalue weighted by Gasteiger charge is -2.47. The van der Waals surface area contributed by atoms with Gasteiger partial charge in [0.25, 0.3) is 0 Å². The van der Waals surface area contributed by atoms with E-state index in [1.165, 1.54) is 25.7 Å². The Hall–Kier alpha value is -3.52. The fraction of sp³-hybridized carbons (Fsp3) is 0.484. The van der Waals surface area contributed by atoms with Crippen molar-refractivity contribution in [3.05, 3.63) is 59.3 Å². The molecule has 1 saturated carbocycles. The first-order valence-corrected chi connectivity index (χ1v) is 14.4. The Morgan fingerprint density at radius 1 is 0.897 bits per heavy atom. The molecule has 8 heteroatoms. The number of piperazine rings is 1. The van der Waals surface area contributed by atoms with Gasteiger partial charge in [0, 0.05) is 49.2 Å². The Bertz CT molecular complexity index is 1440. The largest absolute Gasteiger partial charge is 0.454 e. The molecule has 2 amide bonds. The van der Waals surface area contributed by atoms with Gasteiger partial charge in [-0.2, -0.15) is 0 Å². The summed E-state index contributed by atoms with van der Waals surface area (Å²) in [5.41, 5.74) is 4.06. The molecule has 0 radical (unpaired) electrons. The zero-order valence-corrected chi connectivity index (χ0v) is 22.1. The number of ether oxygens (including phenoxy) is 2. The minimum Gasteiger partial charge on any atom is -0.454 e. The smallest absolute Gasteiger partial charge is 0.246 e. The highest BCUT2D eigenvalue weighted by Gasteiger charge is 2.48. The van der Waals surface area contributed by atoms with Crippen LogP contribution in [-0.2, 0) is 16.0 Å². The zero-order chi connectivity index (χ0) is 26.1. The van der Waals surface area contributed by atoms with E-state index < -0.39 is 6.04 Å². The van der Waals surface area contributed by atoms with Crippen molar-refractivity contribution < 1.29 is 19.1 Å². The summed E-state index contributed by atoms with van der Waals surface area (Å²) >= 11 is 0. The average molecular weight is 527 g/mol. The van der Waals surface area contributed by atoms with Gasteiger partial charge in [-0.1, -0.05) is 24.3 Å². The number of fused-ring (bicyclic) bond motifs is 9. The molecule has 3 aromatic rings. The lowest BCUT2D eigenvalue weighted by Crippen LogP contribution is -2.63. The van der Waals surface area contributed by atoms with E-state index in [-0.39, 0.29) is 31.2 Å². The minimum atomic E-state index is -0.520. The van der Waals surface area contributed by atoms with Crippen LogP contribution >= 0.6 is 0 Å². The maximum Gasteiger partial charge on any atom is 0.246 e. The maximum atomic E-state index is 14.1. The van der Waals surface area contributed by atoms with Gasteiger partial charge in [0.1, 0.15) is 6.04 Å². The summed E-state index contributed by atoms with van der Waals surface area (Å²) in [6.07, 6.45) is 5.89. The first kappa shape index (κ1) is 23.4. The van der Waals surface area contributed by atoms with E-state index in [0.717, 1.165) is 59.2 Å². The van der Waals surface area contributed by atoms with Crippen molar-refractivity contribution >= 4 is 22.7 Å². The Morgan fingerprint density at radius 3 is 2.49 bits per heavy atom. The fourth-order valence-corrected chi connectivity index (χ4v) is 7.79. The van der Waals surface area contributed by atoms with Crippen molar-refractivity contribution in [2.45, 2.75) is 44.2 Å². The monoisotopic (exact) mass is 526 g/mol. The molecule has 2 atom stereocenters. The van der Waals surface area contributed by atoms with Crippen molar-refractivity contribution in [3.8, 4) is 11.5 Å². The number of amides is 2. The lowest BCUT2D eigenvalue weighted by atomic mass is 9.84. The first-order chi connectivity index (χ1) is 19.1. The van der Waals surface area contributed by atoms with Gasteiger partial charge in [0.2, 0.25) is 18.6 Å². The third-order valence-electron chi connectivity index (χ3n) is 9.74. The second-order valence-corrected chi connectivity index (χ2v) is 12.0. The number of aromatic amines is 1. The van der Waals surface area contributed by atoms with E-state index >= 15 is 0 Å². The van der Waals surface area contributed by atoms with Crippen LogP contribution in [0.15, 0.2) is 42.5 Å². The molecule has 1 N–H and O–H groups in total. The van der Waals surface area contributed by atoms with Crippen LogP contribution in [0.25, 0.3) is 10.9 Å². The number of carbonyl (C=O) groups is 2. The van der Waals surface area contributed by atoms with Gasteiger partial charge < -0.3 is 29.2 Å². The summed E-state index contributed by atoms with van der Waals surface area (Å²) < 4.78 is 11.2. The standard InChI is InChI=1S/C31H34N4O4/c36-28-17-34(12-11-33-15-19-5-6-20(16-33)8-7-19)31(37)25-14-23-22-3-1-2-4-24(22)32-29(23)30(35(25)28)21-9-10-26-27(13-21)39-18-38-26/h1-4,9-10,13,19-20,25,30,32H,5-8,11-12,14-18H2/t19?,20?,25-,30+/m1/s1. The van der Waals surface area contributed by atoms with Crippen molar-refractivity contribution in [2.75, 3.05) is 39.5 Å². The molecule has 2 aromatic carbocycles. The number of aromatic nitrogens is 1. The molecule has 6 heterocycles. The van der Waals surface area contributed by atoms with Gasteiger partial charge in [-0.3, -0.25) is 9.59 Å². The summed E-state index contributed by atoms with van der Waals surface area (Å²) in [5.74, 6) is 3.03. The Balaban J connectivity index is 1.12. The molecule has 1 aromatic heterocycles. The van der Waals surface area contributed by atoms with Crippen molar-refractivity contribution in [1.82, 2.24) is 19.7 Å². The van der Waals surface area contributed by atoms with Crippen molar-refractivity contribution in [3.63, 3.8) is 0 Å². The van der Waals surface area contributed by atoms with Gasteiger partial charge in [0.15, 0.2) is 11.5 Å². The molecule has 6 aliphatic rings. The van der Waals surface area contributed by atoms with Crippen LogP contribution in [0, 0.1) is 11.8 Å². The molecular weight excluding hydrogens is 492 g/mol. The average Bonchev–Trinajstić information content (AvgIpc) is 3.46. The second kappa shape index (κ2) is 9.01. The van der Waals surface area contributed by atoms with Gasteiger partial charge in [-0.05, 0) is 66.8 Å². The number of H-pyrrole nitrogens is 1. The molecule has 39 heavy (non-hydrogen) atoms. The quantitative estimate of drug-likeness (QED) is 0.561. The number of para-hydroxylation sites is 1. The number of rotatable bonds is 4. The first-order valence-electron chi connectivity index (χ1n) is 14.4. The predicted molar refractivity (Wildman–Crippen MR) is 146 cm³/mol. The Labute approximate surface area is 227 Å². The molecule has 0 unspecified atom stereocenters. The Kier molecular flexibility index (Phi) is 5.40. The van der Waals surface area contributed by atoms with E-state index in [1.54, 1.807) is 0 Å². The molecule has 3 saturated heterocycles. The van der Waals surface area contributed by atoms with Crippen LogP contribution < -0.4 is 9.47 Å². The molecule has 1 aliphatic carbocycles. The minimum absolute atomic E-state index is 0.00232. The highest BCUT2D eigenvalue weighted by molar-refractivity contribution is 5.97. The third-order valence-corrected chi connectivity index (χ3v) is 9.74. The summed E-state index contributed by atoms with van der Waals surface area (Å²) in [7, 11) is 0. The normalized spacial score (nSPS) is 28.1. The highest BCUT2D eigenvalue weighted by atomic mass is 16.7. The molecule has 5 aliphatic heterocycles. The van der Waals surface area contributed by atoms with Crippen LogP contribution in [0.2, 0.25) is 0 Å². The van der Waals surface area contributed by atoms with Gasteiger partial charge in [-0.15, -0.1) is 0 Å². The molecular formula is C31H34N4O4. The highest BCUT2D eigenvalue weighted by Crippen LogP contribution is 2.45. The number of nitrogens with zero attached hydrogens (tertiary/aromatic N) is 3. The van der Waals surface area contributed by atoms with Crippen LogP contribution in [0.4, 0.5) is 0 Å². The summed E-state index contributed by atoms with van der Waals surface area (Å²) in [5, 5.41) is 1.12. The number of nitrogens with one attached hydrogen (secondary N) is 1. The van der Waals surface area contributed by atoms with Crippen LogP contribution in [0.3, 0.4) is 0 Å². The van der Waals surface area contributed by atoms with Crippen LogP contribution in [0.1, 0.15) is 48.5 Å². The third kappa shape index (κ3) is 3.83. The topological polar surface area (TPSA) is 78.1 Å². The van der Waals surface area contributed by atoms with E-state index in [1.807, 2.05) is 40.1 Å². The Morgan fingerprint density at radius 2 is 1.67 bits per heavy atom. The second-order valence-electron chi connectivity index (χ2n) is 12.0. The fourth-order valence-electron chi connectivity index (χ4n) is 7.79. The molecule has 0 spiro atoms. The predicted octanol–water partition coefficient (Wildman–Crippen LogP) is 3.70. The molecule has 9 rings (SSSR count). The zero-order valence-electron chi connectivity index (χ0n) is 22.1. The summed E-state index contributed by atoms with van der Waals surface area (Å²) in [6, 6.07) is 13.2. The number of hydrogen-bond donors (Lipinski definition) is 1. The van der Waals surface area contributed by atoms with Crippen molar-refractivity contribution in [1.29, 1.82) is 0 Å². The van der Waals surface area contributed by atoms with Crippen LogP contribution in [-0.4, -0.2) is 77.1 Å². The maximum absolute atomic E-state index is 14.1. The number of benzene rings is 2. The number of carbonyl (C=O) groups excluding carboxylic acids is 2. The van der Waals surface area contributed by atoms with Crippen LogP contribution in [0.5, 0.6) is 11.5 Å². The number of hydrogen-bond acceptors (Lipinski definition) is 5. The van der Waals surface area contributed by atoms with Gasteiger partial charge in [-0.25, -0.2) is 0 Å². The molecule has 8 nitrogen and oxygen atoms in total. The van der Waals surface area contributed by atoms with E-state index in [2.05, 4.69) is 22.0 Å². The van der Waals surface area contributed by atoms with E-state index in [4.69, 9.17) is 9.47 Å². The summed E-state index contributed by atoms with van der Waals surface area (Å²) in [6.45, 7) is 4.05. The lowest BCUT2D eigenvalue weighted by molar-refractivity contribution is -0.158. The summed E-state index contributed by atoms with van der Waals surface area (Å²) in [4.78, 5) is 37.8. The molecule has 202 valence electrons. The van der Waals surface area contributed by atoms with E-state index in [9.17, 15) is 9.59 Å². The SMILES string of the molecule is O=C1[C@H]2Cc3c([nH]c4ccccc34)[C@H](c3ccc4c(c3)OCO4)N2C(=O)CN1CCN1CC2CCC(CC2)C1. The molecule has 2 bridgehead atoms. The molecule has 4 fully saturated rings. The van der Waals surface area contributed by atoms with Crippen molar-refractivity contribution in [2.24, 2.45) is 11.8 Å².